The Morgan fingerprint density at radius 3 is 3.00 bits per heavy atom. The van der Waals surface area contributed by atoms with Gasteiger partial charge in [-0.25, -0.2) is 0 Å². The monoisotopic (exact) mass is 251 g/mol. The molecule has 0 aliphatic heterocycles. The highest BCUT2D eigenvalue weighted by molar-refractivity contribution is 14.1. The summed E-state index contributed by atoms with van der Waals surface area (Å²) in [5.74, 6) is 0. The molecule has 1 aromatic heterocycles. The van der Waals surface area contributed by atoms with E-state index in [1.165, 1.54) is 0 Å². The van der Waals surface area contributed by atoms with Crippen LogP contribution < -0.4 is 0 Å². The topological polar surface area (TPSA) is 17.1 Å². The van der Waals surface area contributed by atoms with Crippen LogP contribution in [0.5, 0.6) is 0 Å². The standard InChI is InChI=1S/C6H4IOS/c7-5(4-8)6-2-1-3-9-6/h1-3,5H. The van der Waals surface area contributed by atoms with Crippen molar-refractivity contribution in [3.05, 3.63) is 22.4 Å². The highest BCUT2D eigenvalue weighted by Gasteiger charge is 2.05. The lowest BCUT2D eigenvalue weighted by Gasteiger charge is -1.91. The summed E-state index contributed by atoms with van der Waals surface area (Å²) in [5.41, 5.74) is 0. The third kappa shape index (κ3) is 1.76. The van der Waals surface area contributed by atoms with Gasteiger partial charge >= 0.3 is 0 Å². The third-order valence-electron chi connectivity index (χ3n) is 0.896. The summed E-state index contributed by atoms with van der Waals surface area (Å²) < 4.78 is -0.0809. The van der Waals surface area contributed by atoms with Gasteiger partial charge in [-0.2, -0.15) is 0 Å². The minimum absolute atomic E-state index is 0.0809. The molecule has 0 aromatic carbocycles. The van der Waals surface area contributed by atoms with Crippen LogP contribution >= 0.6 is 33.9 Å². The van der Waals surface area contributed by atoms with Crippen molar-refractivity contribution in [2.75, 3.05) is 0 Å². The van der Waals surface area contributed by atoms with Gasteiger partial charge in [-0.3, -0.25) is 4.79 Å². The van der Waals surface area contributed by atoms with Gasteiger partial charge in [0.1, 0.15) is 3.92 Å². The molecular formula is C6H4IOS. The fourth-order valence-corrected chi connectivity index (χ4v) is 1.78. The van der Waals surface area contributed by atoms with Crippen molar-refractivity contribution in [1.29, 1.82) is 0 Å². The molecule has 1 unspecified atom stereocenters. The first-order valence-corrected chi connectivity index (χ1v) is 4.52. The number of alkyl halides is 1. The van der Waals surface area contributed by atoms with Crippen molar-refractivity contribution < 1.29 is 4.79 Å². The van der Waals surface area contributed by atoms with Gasteiger partial charge in [0.25, 0.3) is 0 Å². The van der Waals surface area contributed by atoms with Crippen LogP contribution in [0.1, 0.15) is 8.80 Å². The molecular weight excluding hydrogens is 247 g/mol. The van der Waals surface area contributed by atoms with E-state index in [2.05, 4.69) is 22.6 Å². The van der Waals surface area contributed by atoms with E-state index in [4.69, 9.17) is 0 Å². The number of halogens is 1. The maximum atomic E-state index is 10.1. The molecule has 3 heteroatoms. The molecule has 47 valence electrons. The van der Waals surface area contributed by atoms with E-state index in [0.29, 0.717) is 0 Å². The van der Waals surface area contributed by atoms with E-state index in [1.54, 1.807) is 11.3 Å². The zero-order valence-electron chi connectivity index (χ0n) is 4.50. The quantitative estimate of drug-likeness (QED) is 0.582. The van der Waals surface area contributed by atoms with Crippen LogP contribution in [0.4, 0.5) is 0 Å². The first-order chi connectivity index (χ1) is 4.34. The van der Waals surface area contributed by atoms with E-state index in [9.17, 15) is 4.79 Å². The molecule has 9 heavy (non-hydrogen) atoms. The SMILES string of the molecule is O=[C]C(I)c1cccs1. The highest BCUT2D eigenvalue weighted by Crippen LogP contribution is 2.24. The Hall–Kier alpha value is 0.1000. The zero-order valence-corrected chi connectivity index (χ0v) is 7.48. The van der Waals surface area contributed by atoms with Crippen molar-refractivity contribution >= 4 is 40.2 Å². The van der Waals surface area contributed by atoms with Crippen LogP contribution in [-0.4, -0.2) is 6.29 Å². The molecule has 1 aromatic rings. The summed E-state index contributed by atoms with van der Waals surface area (Å²) in [6.45, 7) is 0. The van der Waals surface area contributed by atoms with Crippen LogP contribution in [0, 0.1) is 0 Å². The van der Waals surface area contributed by atoms with Crippen molar-refractivity contribution in [3.63, 3.8) is 0 Å². The Labute approximate surface area is 71.2 Å². The average Bonchev–Trinajstić information content (AvgIpc) is 2.37. The summed E-state index contributed by atoms with van der Waals surface area (Å²) in [5, 5.41) is 1.96. The zero-order chi connectivity index (χ0) is 6.69. The van der Waals surface area contributed by atoms with E-state index in [-0.39, 0.29) is 3.92 Å². The van der Waals surface area contributed by atoms with Crippen LogP contribution in [0.15, 0.2) is 17.5 Å². The van der Waals surface area contributed by atoms with Gasteiger partial charge < -0.3 is 0 Å². The first kappa shape index (κ1) is 7.21. The van der Waals surface area contributed by atoms with Crippen molar-refractivity contribution in [3.8, 4) is 0 Å². The molecule has 0 aliphatic carbocycles. The van der Waals surface area contributed by atoms with E-state index < -0.39 is 0 Å². The summed E-state index contributed by atoms with van der Waals surface area (Å²) >= 11 is 3.64. The molecule has 0 saturated carbocycles. The lowest BCUT2D eigenvalue weighted by molar-refractivity contribution is 0.556. The molecule has 1 atom stereocenters. The second kappa shape index (κ2) is 3.31. The van der Waals surface area contributed by atoms with Gasteiger partial charge in [-0.15, -0.1) is 11.3 Å². The second-order valence-corrected chi connectivity index (χ2v) is 3.72. The largest absolute Gasteiger partial charge is 0.289 e. The Morgan fingerprint density at radius 2 is 2.56 bits per heavy atom. The molecule has 0 fully saturated rings. The van der Waals surface area contributed by atoms with Gasteiger partial charge in [-0.1, -0.05) is 28.7 Å². The summed E-state index contributed by atoms with van der Waals surface area (Å²) in [6.07, 6.45) is 1.91. The molecule has 0 N–H and O–H groups in total. The van der Waals surface area contributed by atoms with Gasteiger partial charge in [-0.05, 0) is 11.4 Å². The van der Waals surface area contributed by atoms with Crippen molar-refractivity contribution in [2.45, 2.75) is 3.92 Å². The lowest BCUT2D eigenvalue weighted by atomic mass is 10.4. The molecule has 0 spiro atoms. The van der Waals surface area contributed by atoms with Crippen LogP contribution in [0.2, 0.25) is 0 Å². The molecule has 1 radical (unpaired) electrons. The van der Waals surface area contributed by atoms with E-state index in [0.717, 1.165) is 4.88 Å². The van der Waals surface area contributed by atoms with Crippen LogP contribution in [0.3, 0.4) is 0 Å². The van der Waals surface area contributed by atoms with E-state index >= 15 is 0 Å². The Balaban J connectivity index is 2.76. The molecule has 1 rings (SSSR count). The smallest absolute Gasteiger partial charge is 0.217 e. The normalized spacial score (nSPS) is 13.0. The van der Waals surface area contributed by atoms with Gasteiger partial charge in [0.2, 0.25) is 6.29 Å². The predicted molar refractivity (Wildman–Crippen MR) is 46.8 cm³/mol. The third-order valence-corrected chi connectivity index (χ3v) is 3.18. The summed E-state index contributed by atoms with van der Waals surface area (Å²) in [7, 11) is 0. The molecule has 1 heterocycles. The second-order valence-electron chi connectivity index (χ2n) is 1.50. The fourth-order valence-electron chi connectivity index (χ4n) is 0.494. The fraction of sp³-hybridized carbons (Fsp3) is 0.167. The minimum Gasteiger partial charge on any atom is -0.289 e. The maximum Gasteiger partial charge on any atom is 0.217 e. The molecule has 1 nitrogen and oxygen atoms in total. The number of thiophene rings is 1. The number of hydrogen-bond donors (Lipinski definition) is 0. The number of carbonyl (C=O) groups excluding carboxylic acids is 1. The van der Waals surface area contributed by atoms with Crippen molar-refractivity contribution in [1.82, 2.24) is 0 Å². The Bertz CT molecular complexity index is 183. The van der Waals surface area contributed by atoms with Gasteiger partial charge in [0.05, 0.1) is 0 Å². The van der Waals surface area contributed by atoms with E-state index in [1.807, 2.05) is 23.8 Å². The average molecular weight is 251 g/mol. The lowest BCUT2D eigenvalue weighted by Crippen LogP contribution is -1.83. The van der Waals surface area contributed by atoms with Gasteiger partial charge in [0, 0.05) is 4.88 Å². The summed E-state index contributed by atoms with van der Waals surface area (Å²) in [4.78, 5) is 11.2. The Morgan fingerprint density at radius 1 is 1.78 bits per heavy atom. The van der Waals surface area contributed by atoms with Crippen LogP contribution in [-0.2, 0) is 4.79 Å². The summed E-state index contributed by atoms with van der Waals surface area (Å²) in [6, 6.07) is 3.87. The van der Waals surface area contributed by atoms with Gasteiger partial charge in [0.15, 0.2) is 0 Å². The molecule has 0 aliphatic rings. The highest BCUT2D eigenvalue weighted by atomic mass is 127. The molecule has 0 bridgehead atoms. The first-order valence-electron chi connectivity index (χ1n) is 2.39. The number of rotatable bonds is 2. The predicted octanol–water partition coefficient (Wildman–Crippen LogP) is 2.33. The van der Waals surface area contributed by atoms with Crippen molar-refractivity contribution in [2.24, 2.45) is 0 Å². The Kier molecular flexibility index (Phi) is 2.65. The maximum absolute atomic E-state index is 10.1. The number of hydrogen-bond acceptors (Lipinski definition) is 2. The minimum atomic E-state index is -0.0809. The molecule has 0 amide bonds. The molecule has 0 saturated heterocycles. The van der Waals surface area contributed by atoms with Crippen LogP contribution in [0.25, 0.3) is 0 Å².